The van der Waals surface area contributed by atoms with Crippen molar-refractivity contribution in [3.8, 4) is 40.2 Å². The Labute approximate surface area is 377 Å². The van der Waals surface area contributed by atoms with E-state index in [0.717, 1.165) is 9.13 Å². The predicted octanol–water partition coefficient (Wildman–Crippen LogP) is 0.457. The average molecular weight is 923 g/mol. The summed E-state index contributed by atoms with van der Waals surface area (Å²) in [5.74, 6) is 1.59. The molecule has 67 heavy (non-hydrogen) atoms. The quantitative estimate of drug-likeness (QED) is 0.155. The molecule has 0 bridgehead atoms. The van der Waals surface area contributed by atoms with Gasteiger partial charge in [-0.05, 0) is 5.57 Å². The van der Waals surface area contributed by atoms with Gasteiger partial charge < -0.3 is 42.7 Å². The van der Waals surface area contributed by atoms with Gasteiger partial charge in [-0.3, -0.25) is 9.59 Å². The van der Waals surface area contributed by atoms with Crippen molar-refractivity contribution in [3.05, 3.63) is 128 Å². The van der Waals surface area contributed by atoms with Gasteiger partial charge in [0.15, 0.2) is 23.0 Å². The van der Waals surface area contributed by atoms with Crippen LogP contribution in [0.3, 0.4) is 0 Å². The summed E-state index contributed by atoms with van der Waals surface area (Å²) < 4.78 is 42.8. The average Bonchev–Trinajstić information content (AvgIpc) is 3.73. The Kier molecular flexibility index (Phi) is 10.9. The summed E-state index contributed by atoms with van der Waals surface area (Å²) in [5, 5.41) is 10.6. The number of rotatable bonds is 13. The number of aromatic nitrogens is 10. The summed E-state index contributed by atoms with van der Waals surface area (Å²) in [7, 11) is 11.8. The lowest BCUT2D eigenvalue weighted by molar-refractivity contribution is 0.240. The van der Waals surface area contributed by atoms with E-state index in [1.54, 1.807) is 44.4 Å². The van der Waals surface area contributed by atoms with Crippen LogP contribution in [0.4, 0.5) is 0 Å². The third-order valence-electron chi connectivity index (χ3n) is 12.6. The topological polar surface area (TPSA) is 243 Å². The van der Waals surface area contributed by atoms with E-state index in [0.29, 0.717) is 50.6 Å². The van der Waals surface area contributed by atoms with Gasteiger partial charge in [-0.1, -0.05) is 6.08 Å². The smallest absolute Gasteiger partial charge is 0.348 e. The molecule has 23 heteroatoms. The molecule has 0 saturated carbocycles. The van der Waals surface area contributed by atoms with E-state index >= 15 is 0 Å². The third kappa shape index (κ3) is 6.78. The van der Waals surface area contributed by atoms with Crippen molar-refractivity contribution >= 4 is 22.1 Å². The number of phenolic OH excluding ortho intramolecular Hbond substituents is 1. The minimum absolute atomic E-state index is 0.0751. The fraction of sp³-hybridized carbons (Fsp3) is 0.364. The van der Waals surface area contributed by atoms with Gasteiger partial charge in [0.2, 0.25) is 0 Å². The van der Waals surface area contributed by atoms with Crippen LogP contribution in [0, 0.1) is 0 Å². The van der Waals surface area contributed by atoms with E-state index in [4.69, 9.17) is 28.4 Å². The number of hydrogen-bond acceptors (Lipinski definition) is 15. The molecule has 2 aliphatic heterocycles. The molecule has 4 aromatic heterocycles. The SMILES string of the molecule is COc1cc2nc(CCn3c(=O)n4n(c3=O)C3Cn5c(=O)n(CCc6nc7cc(OC)c(OC)cc7n(C)c6=O)c(=O)n5C(c5c(OC)cc(O)cc5OC)C3=CC4)c(=O)n(C)c2cc1OC. The normalized spacial score (nSPS) is 15.2. The van der Waals surface area contributed by atoms with Crippen LogP contribution in [0.25, 0.3) is 22.1 Å². The highest BCUT2D eigenvalue weighted by Crippen LogP contribution is 2.47. The zero-order chi connectivity index (χ0) is 47.7. The summed E-state index contributed by atoms with van der Waals surface area (Å²) in [6.45, 7) is -0.877. The minimum Gasteiger partial charge on any atom is -0.508 e. The fourth-order valence-corrected chi connectivity index (χ4v) is 9.27. The predicted molar refractivity (Wildman–Crippen MR) is 240 cm³/mol. The number of benzene rings is 3. The highest BCUT2D eigenvalue weighted by atomic mass is 16.5. The standard InChI is InChI=1S/C44H46N10O13/c1-47-28-19-33(64-5)31(62-3)17-26(28)45-24(39(47)56)10-12-49-41(58)51-14-9-23-30(53(51)43(49)60)21-52-42(59)50(44(61)54(52)38(23)37-35(66-7)15-22(55)16-36(37)67-8)13-11-25-40(57)48(2)29-20-34(65-6)32(63-4)18-27(29)46-25/h9,15-20,30,38,55H,10-14,21H2,1-8H3. The van der Waals surface area contributed by atoms with Crippen LogP contribution in [0.1, 0.15) is 29.0 Å². The summed E-state index contributed by atoms with van der Waals surface area (Å²) >= 11 is 0. The number of allylic oxidation sites excluding steroid dienone is 2. The molecule has 0 radical (unpaired) electrons. The molecule has 0 fully saturated rings. The fourth-order valence-electron chi connectivity index (χ4n) is 9.27. The van der Waals surface area contributed by atoms with Crippen LogP contribution in [-0.2, 0) is 53.1 Å². The Morgan fingerprint density at radius 3 is 1.46 bits per heavy atom. The van der Waals surface area contributed by atoms with Crippen molar-refractivity contribution in [2.75, 3.05) is 42.7 Å². The van der Waals surface area contributed by atoms with E-state index in [1.807, 2.05) is 0 Å². The Morgan fingerprint density at radius 1 is 0.567 bits per heavy atom. The van der Waals surface area contributed by atoms with E-state index in [-0.39, 0.29) is 73.2 Å². The minimum atomic E-state index is -1.18. The first kappa shape index (κ1) is 44.0. The monoisotopic (exact) mass is 922 g/mol. The zero-order valence-electron chi connectivity index (χ0n) is 37.8. The molecule has 2 aliphatic rings. The molecule has 3 aromatic carbocycles. The first-order valence-electron chi connectivity index (χ1n) is 20.9. The summed E-state index contributed by atoms with van der Waals surface area (Å²) in [6.07, 6.45) is 1.49. The first-order chi connectivity index (χ1) is 32.2. The molecule has 23 nitrogen and oxygen atoms in total. The molecular formula is C44H46N10O13. The zero-order valence-corrected chi connectivity index (χ0v) is 37.8. The number of fused-ring (bicyclic) bond motifs is 6. The largest absolute Gasteiger partial charge is 0.508 e. The molecule has 0 spiro atoms. The highest BCUT2D eigenvalue weighted by Gasteiger charge is 2.43. The number of nitrogens with zero attached hydrogens (tertiary/aromatic N) is 10. The van der Waals surface area contributed by atoms with Gasteiger partial charge in [-0.25, -0.2) is 57.0 Å². The van der Waals surface area contributed by atoms with Crippen LogP contribution in [-0.4, -0.2) is 94.7 Å². The molecule has 0 aliphatic carbocycles. The first-order valence-corrected chi connectivity index (χ1v) is 20.9. The summed E-state index contributed by atoms with van der Waals surface area (Å²) in [5.41, 5.74) is -1.16. The molecule has 2 atom stereocenters. The van der Waals surface area contributed by atoms with Crippen LogP contribution in [0.15, 0.2) is 76.8 Å². The molecule has 7 aromatic rings. The van der Waals surface area contributed by atoms with Crippen LogP contribution in [0.5, 0.6) is 40.2 Å². The van der Waals surface area contributed by atoms with Gasteiger partial charge >= 0.3 is 22.8 Å². The lowest BCUT2D eigenvalue weighted by atomic mass is 9.89. The van der Waals surface area contributed by atoms with Crippen molar-refractivity contribution in [1.29, 1.82) is 0 Å². The lowest BCUT2D eigenvalue weighted by Gasteiger charge is -2.38. The summed E-state index contributed by atoms with van der Waals surface area (Å²) in [4.78, 5) is 94.4. The molecule has 0 amide bonds. The molecule has 6 heterocycles. The van der Waals surface area contributed by atoms with Crippen molar-refractivity contribution in [1.82, 2.24) is 47.0 Å². The second-order valence-electron chi connectivity index (χ2n) is 15.9. The molecule has 9 rings (SSSR count). The van der Waals surface area contributed by atoms with Crippen molar-refractivity contribution in [3.63, 3.8) is 0 Å². The van der Waals surface area contributed by atoms with Crippen molar-refractivity contribution in [2.45, 2.75) is 51.1 Å². The maximum atomic E-state index is 14.7. The number of hydrogen-bond donors (Lipinski definition) is 1. The number of aromatic hydroxyl groups is 1. The van der Waals surface area contributed by atoms with Gasteiger partial charge in [0.25, 0.3) is 11.1 Å². The van der Waals surface area contributed by atoms with Crippen molar-refractivity contribution in [2.24, 2.45) is 14.1 Å². The van der Waals surface area contributed by atoms with Gasteiger partial charge in [0.1, 0.15) is 34.7 Å². The summed E-state index contributed by atoms with van der Waals surface area (Å²) in [6, 6.07) is 6.98. The molecular weight excluding hydrogens is 877 g/mol. The second-order valence-corrected chi connectivity index (χ2v) is 15.9. The maximum absolute atomic E-state index is 14.7. The molecule has 0 saturated heterocycles. The molecule has 1 N–H and O–H groups in total. The number of methoxy groups -OCH3 is 6. The van der Waals surface area contributed by atoms with Crippen LogP contribution < -0.4 is 62.3 Å². The van der Waals surface area contributed by atoms with Gasteiger partial charge in [-0.15, -0.1) is 0 Å². The Bertz CT molecular complexity index is 3580. The second kappa shape index (κ2) is 16.6. The van der Waals surface area contributed by atoms with Gasteiger partial charge in [-0.2, -0.15) is 0 Å². The number of ether oxygens (including phenoxy) is 6. The highest BCUT2D eigenvalue weighted by molar-refractivity contribution is 5.80. The maximum Gasteiger partial charge on any atom is 0.348 e. The number of phenols is 1. The number of aryl methyl sites for hydroxylation is 4. The van der Waals surface area contributed by atoms with E-state index in [9.17, 15) is 33.9 Å². The van der Waals surface area contributed by atoms with Gasteiger partial charge in [0.05, 0.1) is 89.4 Å². The van der Waals surface area contributed by atoms with Crippen LogP contribution >= 0.6 is 0 Å². The Morgan fingerprint density at radius 2 is 1.00 bits per heavy atom. The van der Waals surface area contributed by atoms with Crippen LogP contribution in [0.2, 0.25) is 0 Å². The van der Waals surface area contributed by atoms with Gasteiger partial charge in [0, 0.05) is 76.4 Å². The third-order valence-corrected chi connectivity index (χ3v) is 12.6. The Hall–Kier alpha value is -8.24. The molecule has 2 unspecified atom stereocenters. The van der Waals surface area contributed by atoms with E-state index in [1.165, 1.54) is 82.7 Å². The Balaban J connectivity index is 1.13. The van der Waals surface area contributed by atoms with E-state index in [2.05, 4.69) is 9.97 Å². The molecule has 350 valence electrons. The van der Waals surface area contributed by atoms with E-state index < -0.39 is 46.0 Å². The van der Waals surface area contributed by atoms with Crippen molar-refractivity contribution < 1.29 is 33.5 Å². The lowest BCUT2D eigenvalue weighted by Crippen LogP contribution is -2.47.